The number of rotatable bonds is 3. The van der Waals surface area contributed by atoms with E-state index < -0.39 is 0 Å². The van der Waals surface area contributed by atoms with Gasteiger partial charge < -0.3 is 5.32 Å². The minimum atomic E-state index is -0.0666. The van der Waals surface area contributed by atoms with Crippen molar-refractivity contribution in [2.45, 2.75) is 32.2 Å². The van der Waals surface area contributed by atoms with Crippen molar-refractivity contribution < 1.29 is 4.79 Å². The van der Waals surface area contributed by atoms with E-state index in [2.05, 4.69) is 11.2 Å². The molecule has 0 aliphatic heterocycles. The van der Waals surface area contributed by atoms with Crippen molar-refractivity contribution in [3.05, 3.63) is 0 Å². The van der Waals surface area contributed by atoms with Crippen LogP contribution in [-0.4, -0.2) is 11.9 Å². The van der Waals surface area contributed by atoms with Crippen molar-refractivity contribution in [2.75, 3.05) is 0 Å². The number of amides is 1. The number of carbonyl (C=O) groups excluding carboxylic acids is 1. The minimum absolute atomic E-state index is 0.0666. The molecular weight excluding hydrogens is 138 g/mol. The summed E-state index contributed by atoms with van der Waals surface area (Å²) in [5, 5.41) is 2.80. The summed E-state index contributed by atoms with van der Waals surface area (Å²) in [6.07, 6.45) is 8.07. The van der Waals surface area contributed by atoms with Crippen LogP contribution in [0, 0.1) is 18.3 Å². The fraction of sp³-hybridized carbons (Fsp3) is 0.667. The molecule has 0 saturated heterocycles. The van der Waals surface area contributed by atoms with E-state index in [1.807, 2.05) is 6.92 Å². The molecule has 1 atom stereocenters. The molecule has 1 aliphatic carbocycles. The molecule has 0 spiro atoms. The molecule has 0 aromatic rings. The third kappa shape index (κ3) is 2.27. The zero-order chi connectivity index (χ0) is 8.27. The Morgan fingerprint density at radius 1 is 1.82 bits per heavy atom. The molecule has 1 rings (SSSR count). The van der Waals surface area contributed by atoms with E-state index in [9.17, 15) is 4.79 Å². The molecule has 0 aromatic carbocycles. The second kappa shape index (κ2) is 3.43. The lowest BCUT2D eigenvalue weighted by Crippen LogP contribution is -2.34. The number of hydrogen-bond acceptors (Lipinski definition) is 1. The average molecular weight is 151 g/mol. The molecule has 0 radical (unpaired) electrons. The van der Waals surface area contributed by atoms with Crippen molar-refractivity contribution in [1.82, 2.24) is 5.32 Å². The number of carbonyl (C=O) groups is 1. The van der Waals surface area contributed by atoms with E-state index >= 15 is 0 Å². The predicted molar refractivity (Wildman–Crippen MR) is 43.8 cm³/mol. The third-order valence-corrected chi connectivity index (χ3v) is 1.87. The first kappa shape index (κ1) is 8.13. The molecule has 2 nitrogen and oxygen atoms in total. The van der Waals surface area contributed by atoms with Gasteiger partial charge in [0.2, 0.25) is 5.91 Å². The van der Waals surface area contributed by atoms with Gasteiger partial charge in [-0.15, -0.1) is 6.42 Å². The number of terminal acetylenes is 1. The minimum Gasteiger partial charge on any atom is -0.342 e. The highest BCUT2D eigenvalue weighted by Gasteiger charge is 2.30. The van der Waals surface area contributed by atoms with Crippen molar-refractivity contribution in [2.24, 2.45) is 5.92 Å². The van der Waals surface area contributed by atoms with Gasteiger partial charge in [-0.25, -0.2) is 0 Å². The highest BCUT2D eigenvalue weighted by Crippen LogP contribution is 2.28. The van der Waals surface area contributed by atoms with Crippen LogP contribution >= 0.6 is 0 Å². The summed E-state index contributed by atoms with van der Waals surface area (Å²) >= 11 is 0. The molecule has 11 heavy (non-hydrogen) atoms. The van der Waals surface area contributed by atoms with Crippen molar-refractivity contribution in [3.63, 3.8) is 0 Å². The second-order valence-electron chi connectivity index (χ2n) is 2.91. The van der Waals surface area contributed by atoms with E-state index in [4.69, 9.17) is 6.42 Å². The molecule has 0 aromatic heterocycles. The SMILES string of the molecule is C#CC(CC)NC(=O)C1CC1. The van der Waals surface area contributed by atoms with E-state index in [1.54, 1.807) is 0 Å². The van der Waals surface area contributed by atoms with Gasteiger partial charge in [-0.1, -0.05) is 12.8 Å². The summed E-state index contributed by atoms with van der Waals surface area (Å²) in [7, 11) is 0. The molecule has 60 valence electrons. The fourth-order valence-electron chi connectivity index (χ4n) is 0.897. The predicted octanol–water partition coefficient (Wildman–Crippen LogP) is 0.924. The summed E-state index contributed by atoms with van der Waals surface area (Å²) in [6, 6.07) is -0.0666. The number of nitrogens with one attached hydrogen (secondary N) is 1. The Morgan fingerprint density at radius 3 is 2.82 bits per heavy atom. The maximum absolute atomic E-state index is 11.1. The smallest absolute Gasteiger partial charge is 0.224 e. The molecule has 1 saturated carbocycles. The number of hydrogen-bond donors (Lipinski definition) is 1. The van der Waals surface area contributed by atoms with E-state index in [0.29, 0.717) is 0 Å². The summed E-state index contributed by atoms with van der Waals surface area (Å²) in [5.74, 6) is 2.93. The monoisotopic (exact) mass is 151 g/mol. The molecule has 1 aliphatic rings. The molecule has 1 fully saturated rings. The molecule has 0 bridgehead atoms. The summed E-state index contributed by atoms with van der Waals surface area (Å²) in [5.41, 5.74) is 0. The average Bonchev–Trinajstić information content (AvgIpc) is 2.81. The molecule has 2 heteroatoms. The van der Waals surface area contributed by atoms with Gasteiger partial charge in [0.15, 0.2) is 0 Å². The van der Waals surface area contributed by atoms with Gasteiger partial charge in [-0.3, -0.25) is 4.79 Å². The Bertz CT molecular complexity index is 188. The first-order chi connectivity index (χ1) is 5.27. The highest BCUT2D eigenvalue weighted by molar-refractivity contribution is 5.81. The summed E-state index contributed by atoms with van der Waals surface area (Å²) in [6.45, 7) is 1.97. The molecule has 1 N–H and O–H groups in total. The Morgan fingerprint density at radius 2 is 2.45 bits per heavy atom. The summed E-state index contributed by atoms with van der Waals surface area (Å²) < 4.78 is 0. The van der Waals surface area contributed by atoms with Crippen molar-refractivity contribution >= 4 is 5.91 Å². The second-order valence-corrected chi connectivity index (χ2v) is 2.91. The topological polar surface area (TPSA) is 29.1 Å². The van der Waals surface area contributed by atoms with Crippen molar-refractivity contribution in [3.8, 4) is 12.3 Å². The Labute approximate surface area is 67.4 Å². The van der Waals surface area contributed by atoms with Crippen LogP contribution in [0.5, 0.6) is 0 Å². The summed E-state index contributed by atoms with van der Waals surface area (Å²) in [4.78, 5) is 11.1. The van der Waals surface area contributed by atoms with Gasteiger partial charge in [0.25, 0.3) is 0 Å². The van der Waals surface area contributed by atoms with Crippen LogP contribution in [0.15, 0.2) is 0 Å². The van der Waals surface area contributed by atoms with Crippen LogP contribution < -0.4 is 5.32 Å². The first-order valence-electron chi connectivity index (χ1n) is 4.04. The van der Waals surface area contributed by atoms with Crippen LogP contribution in [0.1, 0.15) is 26.2 Å². The lowest BCUT2D eigenvalue weighted by atomic mass is 10.2. The van der Waals surface area contributed by atoms with Gasteiger partial charge in [-0.05, 0) is 19.3 Å². The Hall–Kier alpha value is -0.970. The Balaban J connectivity index is 2.28. The quantitative estimate of drug-likeness (QED) is 0.597. The fourth-order valence-corrected chi connectivity index (χ4v) is 0.897. The first-order valence-corrected chi connectivity index (χ1v) is 4.04. The maximum Gasteiger partial charge on any atom is 0.224 e. The largest absolute Gasteiger partial charge is 0.342 e. The standard InChI is InChI=1S/C9H13NO/c1-3-8(4-2)10-9(11)7-5-6-7/h1,7-8H,4-6H2,2H3,(H,10,11). The van der Waals surface area contributed by atoms with Crippen molar-refractivity contribution in [1.29, 1.82) is 0 Å². The van der Waals surface area contributed by atoms with Crippen LogP contribution in [0.2, 0.25) is 0 Å². The van der Waals surface area contributed by atoms with Gasteiger partial charge in [0.1, 0.15) is 0 Å². The maximum atomic E-state index is 11.1. The lowest BCUT2D eigenvalue weighted by molar-refractivity contribution is -0.122. The van der Waals surface area contributed by atoms with Gasteiger partial charge >= 0.3 is 0 Å². The normalized spacial score (nSPS) is 18.5. The van der Waals surface area contributed by atoms with Crippen LogP contribution in [-0.2, 0) is 4.79 Å². The van der Waals surface area contributed by atoms with Gasteiger partial charge in [0, 0.05) is 5.92 Å². The molecule has 1 unspecified atom stereocenters. The molecule has 0 heterocycles. The molecular formula is C9H13NO. The van der Waals surface area contributed by atoms with E-state index in [0.717, 1.165) is 19.3 Å². The third-order valence-electron chi connectivity index (χ3n) is 1.87. The van der Waals surface area contributed by atoms with Gasteiger partial charge in [-0.2, -0.15) is 0 Å². The zero-order valence-electron chi connectivity index (χ0n) is 6.76. The molecule has 1 amide bonds. The van der Waals surface area contributed by atoms with E-state index in [-0.39, 0.29) is 17.9 Å². The van der Waals surface area contributed by atoms with Crippen LogP contribution in [0.25, 0.3) is 0 Å². The zero-order valence-corrected chi connectivity index (χ0v) is 6.76. The lowest BCUT2D eigenvalue weighted by Gasteiger charge is -2.09. The Kier molecular flexibility index (Phi) is 2.53. The van der Waals surface area contributed by atoms with Crippen LogP contribution in [0.4, 0.5) is 0 Å². The highest BCUT2D eigenvalue weighted by atomic mass is 16.2. The van der Waals surface area contributed by atoms with Gasteiger partial charge in [0.05, 0.1) is 6.04 Å². The van der Waals surface area contributed by atoms with Crippen LogP contribution in [0.3, 0.4) is 0 Å². The van der Waals surface area contributed by atoms with E-state index in [1.165, 1.54) is 0 Å².